The quantitative estimate of drug-likeness (QED) is 0.775. The molecule has 5 heteroatoms. The first-order valence-corrected chi connectivity index (χ1v) is 6.17. The van der Waals surface area contributed by atoms with E-state index in [4.69, 9.17) is 40.2 Å². The molecule has 16 heavy (non-hydrogen) atoms. The average Bonchev–Trinajstić information content (AvgIpc) is 2.25. The van der Waals surface area contributed by atoms with Crippen molar-refractivity contribution in [2.24, 2.45) is 0 Å². The van der Waals surface area contributed by atoms with Crippen LogP contribution in [0.1, 0.15) is 13.8 Å². The average molecular weight is 278 g/mol. The molecule has 0 fully saturated rings. The Balaban J connectivity index is 2.84. The van der Waals surface area contributed by atoms with Crippen molar-refractivity contribution in [3.63, 3.8) is 0 Å². The first-order valence-electron chi connectivity index (χ1n) is 5.00. The second-order valence-corrected chi connectivity index (χ2v) is 4.25. The normalized spacial score (nSPS) is 10.0. The minimum Gasteiger partial charge on any atom is -0.429 e. The Morgan fingerprint density at radius 1 is 1.25 bits per heavy atom. The Hall–Kier alpha value is -0.510. The molecule has 88 valence electrons. The summed E-state index contributed by atoms with van der Waals surface area (Å²) in [7, 11) is 0. The molecule has 0 amide bonds. The van der Waals surface area contributed by atoms with Gasteiger partial charge in [-0.15, -0.1) is 0 Å². The van der Waals surface area contributed by atoms with E-state index in [1.165, 1.54) is 0 Å². The van der Waals surface area contributed by atoms with Gasteiger partial charge in [-0.1, -0.05) is 29.3 Å². The Labute approximate surface area is 111 Å². The van der Waals surface area contributed by atoms with Gasteiger partial charge in [0, 0.05) is 13.1 Å². The van der Waals surface area contributed by atoms with E-state index in [1.54, 1.807) is 18.2 Å². The predicted molar refractivity (Wildman–Crippen MR) is 72.6 cm³/mol. The molecule has 0 aliphatic carbocycles. The number of hydrogen-bond acceptors (Lipinski definition) is 2. The lowest BCUT2D eigenvalue weighted by Crippen LogP contribution is -2.32. The van der Waals surface area contributed by atoms with Crippen molar-refractivity contribution < 1.29 is 4.74 Å². The van der Waals surface area contributed by atoms with Crippen LogP contribution in [0, 0.1) is 0 Å². The third kappa shape index (κ3) is 3.24. The van der Waals surface area contributed by atoms with Crippen LogP contribution in [0.4, 0.5) is 0 Å². The van der Waals surface area contributed by atoms with Gasteiger partial charge in [-0.05, 0) is 38.2 Å². The molecule has 0 heterocycles. The largest absolute Gasteiger partial charge is 0.429 e. The van der Waals surface area contributed by atoms with Gasteiger partial charge in [0.25, 0.3) is 5.17 Å². The lowest BCUT2D eigenvalue weighted by Gasteiger charge is -2.21. The van der Waals surface area contributed by atoms with Gasteiger partial charge >= 0.3 is 0 Å². The minimum absolute atomic E-state index is 0.389. The van der Waals surface area contributed by atoms with Crippen LogP contribution in [-0.4, -0.2) is 23.2 Å². The molecule has 1 aromatic carbocycles. The zero-order valence-corrected chi connectivity index (χ0v) is 11.5. The molecular formula is C11H13Cl2NOS. The Kier molecular flexibility index (Phi) is 5.32. The minimum atomic E-state index is 0.389. The van der Waals surface area contributed by atoms with Gasteiger partial charge in [0.15, 0.2) is 5.75 Å². The van der Waals surface area contributed by atoms with Crippen LogP contribution in [0.15, 0.2) is 18.2 Å². The summed E-state index contributed by atoms with van der Waals surface area (Å²) in [6, 6.07) is 5.19. The van der Waals surface area contributed by atoms with Crippen LogP contribution in [0.5, 0.6) is 5.75 Å². The molecule has 1 rings (SSSR count). The number of para-hydroxylation sites is 1. The highest BCUT2D eigenvalue weighted by atomic mass is 35.5. The maximum Gasteiger partial charge on any atom is 0.264 e. The van der Waals surface area contributed by atoms with Crippen molar-refractivity contribution in [3.8, 4) is 5.75 Å². The summed E-state index contributed by atoms with van der Waals surface area (Å²) in [5, 5.41) is 1.31. The highest BCUT2D eigenvalue weighted by Gasteiger charge is 2.12. The van der Waals surface area contributed by atoms with Crippen LogP contribution < -0.4 is 4.74 Å². The summed E-state index contributed by atoms with van der Waals surface area (Å²) in [6.45, 7) is 5.59. The van der Waals surface area contributed by atoms with E-state index in [0.717, 1.165) is 13.1 Å². The Morgan fingerprint density at radius 3 is 2.19 bits per heavy atom. The molecule has 0 aliphatic rings. The van der Waals surface area contributed by atoms with Crippen molar-refractivity contribution in [3.05, 3.63) is 28.2 Å². The SMILES string of the molecule is CCN(CC)C(=S)Oc1c(Cl)cccc1Cl. The Bertz CT molecular complexity index is 360. The number of thiocarbonyl (C=S) groups is 1. The molecule has 2 nitrogen and oxygen atoms in total. The summed E-state index contributed by atoms with van der Waals surface area (Å²) in [6.07, 6.45) is 0. The van der Waals surface area contributed by atoms with Crippen molar-refractivity contribution in [1.82, 2.24) is 4.90 Å². The van der Waals surface area contributed by atoms with Gasteiger partial charge in [-0.25, -0.2) is 0 Å². The second kappa shape index (κ2) is 6.28. The number of ether oxygens (including phenoxy) is 1. The van der Waals surface area contributed by atoms with Crippen LogP contribution in [0.2, 0.25) is 10.0 Å². The van der Waals surface area contributed by atoms with Crippen LogP contribution >= 0.6 is 35.4 Å². The third-order valence-corrected chi connectivity index (χ3v) is 3.07. The summed E-state index contributed by atoms with van der Waals surface area (Å²) in [5.74, 6) is 0.419. The first kappa shape index (κ1) is 13.6. The third-order valence-electron chi connectivity index (χ3n) is 2.13. The number of halogens is 2. The van der Waals surface area contributed by atoms with Crippen LogP contribution in [-0.2, 0) is 0 Å². The number of hydrogen-bond donors (Lipinski definition) is 0. The summed E-state index contributed by atoms with van der Waals surface area (Å²) < 4.78 is 5.51. The van der Waals surface area contributed by atoms with E-state index in [-0.39, 0.29) is 0 Å². The standard InChI is InChI=1S/C11H13Cl2NOS/c1-3-14(4-2)11(16)15-10-8(12)6-5-7-9(10)13/h5-7H,3-4H2,1-2H3. The van der Waals surface area contributed by atoms with Gasteiger partial charge in [-0.3, -0.25) is 0 Å². The summed E-state index contributed by atoms with van der Waals surface area (Å²) >= 11 is 17.1. The van der Waals surface area contributed by atoms with E-state index in [2.05, 4.69) is 0 Å². The Morgan fingerprint density at radius 2 is 1.75 bits per heavy atom. The van der Waals surface area contributed by atoms with Gasteiger partial charge in [0.2, 0.25) is 0 Å². The zero-order chi connectivity index (χ0) is 12.1. The van der Waals surface area contributed by atoms with Gasteiger partial charge in [-0.2, -0.15) is 0 Å². The zero-order valence-electron chi connectivity index (χ0n) is 9.17. The molecule has 0 N–H and O–H groups in total. The maximum atomic E-state index is 5.98. The topological polar surface area (TPSA) is 12.5 Å². The van der Waals surface area contributed by atoms with Crippen molar-refractivity contribution in [2.45, 2.75) is 13.8 Å². The fourth-order valence-corrected chi connectivity index (χ4v) is 2.03. The van der Waals surface area contributed by atoms with Crippen LogP contribution in [0.3, 0.4) is 0 Å². The number of rotatable bonds is 3. The van der Waals surface area contributed by atoms with Gasteiger partial charge < -0.3 is 9.64 Å². The molecule has 0 aromatic heterocycles. The van der Waals surface area contributed by atoms with E-state index in [0.29, 0.717) is 21.0 Å². The van der Waals surface area contributed by atoms with Crippen molar-refractivity contribution >= 4 is 40.6 Å². The van der Waals surface area contributed by atoms with Crippen LogP contribution in [0.25, 0.3) is 0 Å². The molecule has 0 bridgehead atoms. The molecule has 1 aromatic rings. The number of benzene rings is 1. The summed E-state index contributed by atoms with van der Waals surface area (Å²) in [5.41, 5.74) is 0. The second-order valence-electron chi connectivity index (χ2n) is 3.09. The van der Waals surface area contributed by atoms with E-state index in [1.807, 2.05) is 18.7 Å². The van der Waals surface area contributed by atoms with E-state index >= 15 is 0 Å². The molecule has 0 unspecified atom stereocenters. The molecular weight excluding hydrogens is 265 g/mol. The fraction of sp³-hybridized carbons (Fsp3) is 0.364. The molecule has 0 spiro atoms. The smallest absolute Gasteiger partial charge is 0.264 e. The lowest BCUT2D eigenvalue weighted by atomic mass is 10.3. The highest BCUT2D eigenvalue weighted by Crippen LogP contribution is 2.32. The molecule has 0 radical (unpaired) electrons. The van der Waals surface area contributed by atoms with Crippen molar-refractivity contribution in [2.75, 3.05) is 13.1 Å². The highest BCUT2D eigenvalue weighted by molar-refractivity contribution is 7.80. The summed E-state index contributed by atoms with van der Waals surface area (Å²) in [4.78, 5) is 1.91. The van der Waals surface area contributed by atoms with E-state index < -0.39 is 0 Å². The van der Waals surface area contributed by atoms with Gasteiger partial charge in [0.05, 0.1) is 10.0 Å². The molecule has 0 atom stereocenters. The van der Waals surface area contributed by atoms with Gasteiger partial charge in [0.1, 0.15) is 0 Å². The molecule has 0 aliphatic heterocycles. The monoisotopic (exact) mass is 277 g/mol. The first-order chi connectivity index (χ1) is 7.60. The van der Waals surface area contributed by atoms with Crippen molar-refractivity contribution in [1.29, 1.82) is 0 Å². The maximum absolute atomic E-state index is 5.98. The molecule has 0 saturated carbocycles. The fourth-order valence-electron chi connectivity index (χ4n) is 1.21. The molecule has 0 saturated heterocycles. The predicted octanol–water partition coefficient (Wildman–Crippen LogP) is 4.00. The lowest BCUT2D eigenvalue weighted by molar-refractivity contribution is 0.379. The number of nitrogens with zero attached hydrogens (tertiary/aromatic N) is 1. The van der Waals surface area contributed by atoms with E-state index in [9.17, 15) is 0 Å².